The van der Waals surface area contributed by atoms with Gasteiger partial charge in [-0.3, -0.25) is 0 Å². The summed E-state index contributed by atoms with van der Waals surface area (Å²) in [6, 6.07) is 3.78. The van der Waals surface area contributed by atoms with Crippen LogP contribution in [0.5, 0.6) is 5.88 Å². The Kier molecular flexibility index (Phi) is 2.39. The van der Waals surface area contributed by atoms with Crippen LogP contribution in [0.4, 0.5) is 0 Å². The molecule has 1 atom stereocenters. The molecule has 0 spiro atoms. The number of nitrogens with two attached hydrogens (primary N) is 1. The van der Waals surface area contributed by atoms with Crippen molar-refractivity contribution in [1.82, 2.24) is 4.98 Å². The molecule has 2 heterocycles. The minimum atomic E-state index is -0.365. The van der Waals surface area contributed by atoms with Gasteiger partial charge in [0.15, 0.2) is 0 Å². The molecule has 0 amide bonds. The van der Waals surface area contributed by atoms with Crippen molar-refractivity contribution in [3.05, 3.63) is 23.9 Å². The number of hydrogen-bond acceptors (Lipinski definition) is 4. The lowest BCUT2D eigenvalue weighted by atomic mass is 9.91. The van der Waals surface area contributed by atoms with Gasteiger partial charge in [0.1, 0.15) is 0 Å². The Bertz CT molecular complexity index is 322. The standard InChI is InChI=1S/C10H14N2O2/c1-13-9-6-8(2-4-12-9)10(11)3-5-14-7-10/h2,4,6H,3,5,7,11H2,1H3. The molecule has 2 N–H and O–H groups in total. The highest BCUT2D eigenvalue weighted by molar-refractivity contribution is 5.28. The van der Waals surface area contributed by atoms with Crippen LogP contribution in [0.15, 0.2) is 18.3 Å². The van der Waals surface area contributed by atoms with Gasteiger partial charge in [-0.15, -0.1) is 0 Å². The predicted molar refractivity (Wildman–Crippen MR) is 52.1 cm³/mol. The molecule has 1 aliphatic heterocycles. The van der Waals surface area contributed by atoms with Gasteiger partial charge in [-0.05, 0) is 18.1 Å². The Morgan fingerprint density at radius 1 is 1.64 bits per heavy atom. The molecule has 1 aliphatic rings. The molecule has 1 saturated heterocycles. The summed E-state index contributed by atoms with van der Waals surface area (Å²) < 4.78 is 10.4. The van der Waals surface area contributed by atoms with Crippen LogP contribution in [0.1, 0.15) is 12.0 Å². The molecular formula is C10H14N2O2. The van der Waals surface area contributed by atoms with Crippen molar-refractivity contribution in [2.24, 2.45) is 5.73 Å². The first-order valence-corrected chi connectivity index (χ1v) is 4.62. The molecule has 1 aromatic rings. The molecule has 4 heteroatoms. The van der Waals surface area contributed by atoms with E-state index in [9.17, 15) is 0 Å². The van der Waals surface area contributed by atoms with Crippen LogP contribution in [0.2, 0.25) is 0 Å². The minimum Gasteiger partial charge on any atom is -0.481 e. The SMILES string of the molecule is COc1cc(C2(N)CCOC2)ccn1. The molecule has 1 fully saturated rings. The maximum absolute atomic E-state index is 6.20. The monoisotopic (exact) mass is 194 g/mol. The molecule has 0 aromatic carbocycles. The maximum Gasteiger partial charge on any atom is 0.213 e. The van der Waals surface area contributed by atoms with Gasteiger partial charge in [-0.25, -0.2) is 4.98 Å². The lowest BCUT2D eigenvalue weighted by Crippen LogP contribution is -2.36. The normalized spacial score (nSPS) is 26.4. The molecule has 76 valence electrons. The van der Waals surface area contributed by atoms with Crippen molar-refractivity contribution in [1.29, 1.82) is 0 Å². The van der Waals surface area contributed by atoms with Crippen molar-refractivity contribution in [2.45, 2.75) is 12.0 Å². The second-order valence-electron chi connectivity index (χ2n) is 3.55. The number of nitrogens with zero attached hydrogens (tertiary/aromatic N) is 1. The topological polar surface area (TPSA) is 57.4 Å². The van der Waals surface area contributed by atoms with Crippen LogP contribution in [0, 0.1) is 0 Å². The number of rotatable bonds is 2. The van der Waals surface area contributed by atoms with E-state index < -0.39 is 0 Å². The third-order valence-corrected chi connectivity index (χ3v) is 2.57. The predicted octanol–water partition coefficient (Wildman–Crippen LogP) is 0.664. The molecule has 2 rings (SSSR count). The zero-order valence-electron chi connectivity index (χ0n) is 8.19. The van der Waals surface area contributed by atoms with Gasteiger partial charge in [-0.1, -0.05) is 0 Å². The first kappa shape index (κ1) is 9.43. The van der Waals surface area contributed by atoms with E-state index in [0.29, 0.717) is 12.5 Å². The van der Waals surface area contributed by atoms with Crippen molar-refractivity contribution in [3.63, 3.8) is 0 Å². The van der Waals surface area contributed by atoms with Crippen molar-refractivity contribution in [2.75, 3.05) is 20.3 Å². The third-order valence-electron chi connectivity index (χ3n) is 2.57. The smallest absolute Gasteiger partial charge is 0.213 e. The average Bonchev–Trinajstić information content (AvgIpc) is 2.67. The summed E-state index contributed by atoms with van der Waals surface area (Å²) in [5, 5.41) is 0. The Morgan fingerprint density at radius 3 is 3.14 bits per heavy atom. The van der Waals surface area contributed by atoms with Crippen LogP contribution in [0.25, 0.3) is 0 Å². The molecule has 1 aromatic heterocycles. The fourth-order valence-corrected chi connectivity index (χ4v) is 1.64. The van der Waals surface area contributed by atoms with Gasteiger partial charge in [0.2, 0.25) is 5.88 Å². The highest BCUT2D eigenvalue weighted by atomic mass is 16.5. The maximum atomic E-state index is 6.20. The van der Waals surface area contributed by atoms with Gasteiger partial charge < -0.3 is 15.2 Å². The van der Waals surface area contributed by atoms with Crippen LogP contribution < -0.4 is 10.5 Å². The molecule has 0 radical (unpaired) electrons. The second-order valence-corrected chi connectivity index (χ2v) is 3.55. The number of pyridine rings is 1. The largest absolute Gasteiger partial charge is 0.481 e. The zero-order valence-corrected chi connectivity index (χ0v) is 8.19. The Morgan fingerprint density at radius 2 is 2.50 bits per heavy atom. The van der Waals surface area contributed by atoms with E-state index in [-0.39, 0.29) is 5.54 Å². The van der Waals surface area contributed by atoms with Gasteiger partial charge in [0, 0.05) is 18.9 Å². The molecule has 14 heavy (non-hydrogen) atoms. The summed E-state index contributed by atoms with van der Waals surface area (Å²) in [5.74, 6) is 0.597. The number of ether oxygens (including phenoxy) is 2. The molecule has 4 nitrogen and oxygen atoms in total. The number of aromatic nitrogens is 1. The fraction of sp³-hybridized carbons (Fsp3) is 0.500. The quantitative estimate of drug-likeness (QED) is 0.751. The van der Waals surface area contributed by atoms with E-state index in [1.165, 1.54) is 0 Å². The fourth-order valence-electron chi connectivity index (χ4n) is 1.64. The van der Waals surface area contributed by atoms with Crippen LogP contribution in [-0.4, -0.2) is 25.3 Å². The minimum absolute atomic E-state index is 0.365. The Hall–Kier alpha value is -1.13. The van der Waals surface area contributed by atoms with Crippen LogP contribution in [0.3, 0.4) is 0 Å². The number of methoxy groups -OCH3 is 1. The van der Waals surface area contributed by atoms with E-state index in [1.807, 2.05) is 12.1 Å². The van der Waals surface area contributed by atoms with Crippen molar-refractivity contribution < 1.29 is 9.47 Å². The lowest BCUT2D eigenvalue weighted by Gasteiger charge is -2.22. The third kappa shape index (κ3) is 1.58. The van der Waals surface area contributed by atoms with Gasteiger partial charge >= 0.3 is 0 Å². The summed E-state index contributed by atoms with van der Waals surface area (Å²) in [6.45, 7) is 1.29. The first-order valence-electron chi connectivity index (χ1n) is 4.62. The zero-order chi connectivity index (χ0) is 10.0. The Balaban J connectivity index is 2.30. The number of hydrogen-bond donors (Lipinski definition) is 1. The van der Waals surface area contributed by atoms with Gasteiger partial charge in [0.25, 0.3) is 0 Å². The highest BCUT2D eigenvalue weighted by Gasteiger charge is 2.32. The van der Waals surface area contributed by atoms with E-state index >= 15 is 0 Å². The second kappa shape index (κ2) is 3.55. The Labute approximate surface area is 83.0 Å². The van der Waals surface area contributed by atoms with Crippen LogP contribution >= 0.6 is 0 Å². The molecule has 1 unspecified atom stereocenters. The summed E-state index contributed by atoms with van der Waals surface area (Å²) in [5.41, 5.74) is 6.86. The lowest BCUT2D eigenvalue weighted by molar-refractivity contribution is 0.178. The van der Waals surface area contributed by atoms with Crippen molar-refractivity contribution >= 4 is 0 Å². The summed E-state index contributed by atoms with van der Waals surface area (Å²) >= 11 is 0. The molecule has 0 saturated carbocycles. The average molecular weight is 194 g/mol. The van der Waals surface area contributed by atoms with Gasteiger partial charge in [-0.2, -0.15) is 0 Å². The van der Waals surface area contributed by atoms with E-state index in [4.69, 9.17) is 15.2 Å². The summed E-state index contributed by atoms with van der Waals surface area (Å²) in [4.78, 5) is 4.04. The first-order chi connectivity index (χ1) is 6.74. The van der Waals surface area contributed by atoms with Gasteiger partial charge in [0.05, 0.1) is 19.3 Å². The summed E-state index contributed by atoms with van der Waals surface area (Å²) in [6.07, 6.45) is 2.56. The highest BCUT2D eigenvalue weighted by Crippen LogP contribution is 2.28. The van der Waals surface area contributed by atoms with E-state index in [2.05, 4.69) is 4.98 Å². The summed E-state index contributed by atoms with van der Waals surface area (Å²) in [7, 11) is 1.60. The molecule has 0 aliphatic carbocycles. The van der Waals surface area contributed by atoms with E-state index in [0.717, 1.165) is 18.6 Å². The molecular weight excluding hydrogens is 180 g/mol. The van der Waals surface area contributed by atoms with Crippen LogP contribution in [-0.2, 0) is 10.3 Å². The van der Waals surface area contributed by atoms with E-state index in [1.54, 1.807) is 13.3 Å². The van der Waals surface area contributed by atoms with Crippen molar-refractivity contribution in [3.8, 4) is 5.88 Å². The molecule has 0 bridgehead atoms.